The molecule has 2 unspecified atom stereocenters. The number of rotatable bonds is 6. The summed E-state index contributed by atoms with van der Waals surface area (Å²) in [5.41, 5.74) is 3.91. The van der Waals surface area contributed by atoms with Crippen LogP contribution in [0.2, 0.25) is 0 Å². The Morgan fingerprint density at radius 2 is 1.38 bits per heavy atom. The number of halogens is 1. The molecule has 2 atom stereocenters. The second kappa shape index (κ2) is 9.34. The molecule has 3 heteroatoms. The molecule has 1 aliphatic rings. The Hall–Kier alpha value is -2.49. The normalized spacial score (nSPS) is 19.2. The molecule has 1 aliphatic heterocycles. The highest BCUT2D eigenvalue weighted by Crippen LogP contribution is 2.28. The Morgan fingerprint density at radius 3 is 2.00 bits per heavy atom. The Labute approximate surface area is 173 Å². The molecule has 1 saturated heterocycles. The quantitative estimate of drug-likeness (QED) is 0.564. The summed E-state index contributed by atoms with van der Waals surface area (Å²) < 4.78 is 13.4. The smallest absolute Gasteiger partial charge is 0.123 e. The summed E-state index contributed by atoms with van der Waals surface area (Å²) in [6.45, 7) is 7.33. The largest absolute Gasteiger partial charge is 0.296 e. The third kappa shape index (κ3) is 5.11. The van der Waals surface area contributed by atoms with Gasteiger partial charge in [0.25, 0.3) is 0 Å². The van der Waals surface area contributed by atoms with Gasteiger partial charge in [-0.2, -0.15) is 0 Å². The van der Waals surface area contributed by atoms with Gasteiger partial charge in [0.1, 0.15) is 5.82 Å². The van der Waals surface area contributed by atoms with Crippen LogP contribution in [0.5, 0.6) is 0 Å². The summed E-state index contributed by atoms with van der Waals surface area (Å²) in [6.07, 6.45) is 0. The zero-order chi connectivity index (χ0) is 20.1. The van der Waals surface area contributed by atoms with E-state index in [0.717, 1.165) is 32.7 Å². The number of piperazine rings is 1. The summed E-state index contributed by atoms with van der Waals surface area (Å²) in [7, 11) is 0. The zero-order valence-electron chi connectivity index (χ0n) is 17.0. The summed E-state index contributed by atoms with van der Waals surface area (Å²) in [4.78, 5) is 5.16. The van der Waals surface area contributed by atoms with Gasteiger partial charge in [0.05, 0.1) is 0 Å². The van der Waals surface area contributed by atoms with E-state index in [4.69, 9.17) is 0 Å². The molecule has 4 rings (SSSR count). The minimum atomic E-state index is -0.170. The monoisotopic (exact) mass is 388 g/mol. The van der Waals surface area contributed by atoms with E-state index in [1.54, 1.807) is 12.1 Å². The van der Waals surface area contributed by atoms with Crippen LogP contribution in [-0.2, 0) is 13.1 Å². The van der Waals surface area contributed by atoms with E-state index >= 15 is 0 Å². The first-order valence-corrected chi connectivity index (χ1v) is 10.5. The molecular weight excluding hydrogens is 359 g/mol. The fourth-order valence-corrected chi connectivity index (χ4v) is 4.37. The van der Waals surface area contributed by atoms with Crippen molar-refractivity contribution in [2.45, 2.75) is 32.0 Å². The first-order chi connectivity index (χ1) is 14.2. The molecule has 0 amide bonds. The maximum Gasteiger partial charge on any atom is 0.123 e. The summed E-state index contributed by atoms with van der Waals surface area (Å²) in [6, 6.07) is 28.8. The molecule has 0 radical (unpaired) electrons. The lowest BCUT2D eigenvalue weighted by Crippen LogP contribution is -2.54. The van der Waals surface area contributed by atoms with Crippen LogP contribution in [0.15, 0.2) is 84.9 Å². The molecule has 3 aromatic carbocycles. The van der Waals surface area contributed by atoms with Gasteiger partial charge in [0.2, 0.25) is 0 Å². The third-order valence-electron chi connectivity index (χ3n) is 6.07. The van der Waals surface area contributed by atoms with Crippen molar-refractivity contribution < 1.29 is 4.39 Å². The van der Waals surface area contributed by atoms with Crippen molar-refractivity contribution in [3.63, 3.8) is 0 Å². The number of nitrogens with zero attached hydrogens (tertiary/aromatic N) is 2. The van der Waals surface area contributed by atoms with Crippen LogP contribution < -0.4 is 0 Å². The molecule has 29 heavy (non-hydrogen) atoms. The second-order valence-corrected chi connectivity index (χ2v) is 8.08. The molecule has 2 nitrogen and oxygen atoms in total. The van der Waals surface area contributed by atoms with E-state index in [0.29, 0.717) is 12.0 Å². The summed E-state index contributed by atoms with van der Waals surface area (Å²) >= 11 is 0. The SMILES string of the molecule is CC(c1ccc(F)cc1)C1CN(Cc2ccccc2)CCN1Cc1ccccc1. The Morgan fingerprint density at radius 1 is 0.793 bits per heavy atom. The summed E-state index contributed by atoms with van der Waals surface area (Å²) in [5, 5.41) is 0. The maximum absolute atomic E-state index is 13.4. The molecule has 1 fully saturated rings. The Balaban J connectivity index is 1.53. The Kier molecular flexibility index (Phi) is 6.38. The molecule has 3 aromatic rings. The molecule has 1 heterocycles. The predicted octanol–water partition coefficient (Wildman–Crippen LogP) is 5.32. The standard InChI is InChI=1S/C26H29FN2/c1-21(24-12-14-25(27)15-13-24)26-20-28(18-22-8-4-2-5-9-22)16-17-29(26)19-23-10-6-3-7-11-23/h2-15,21,26H,16-20H2,1H3. The van der Waals surface area contributed by atoms with Crippen LogP contribution in [0.25, 0.3) is 0 Å². The van der Waals surface area contributed by atoms with Crippen molar-refractivity contribution in [2.75, 3.05) is 19.6 Å². The minimum absolute atomic E-state index is 0.170. The van der Waals surface area contributed by atoms with Gasteiger partial charge in [-0.05, 0) is 34.7 Å². The van der Waals surface area contributed by atoms with Gasteiger partial charge in [-0.15, -0.1) is 0 Å². The molecule has 150 valence electrons. The van der Waals surface area contributed by atoms with Crippen LogP contribution in [0.4, 0.5) is 4.39 Å². The van der Waals surface area contributed by atoms with Crippen LogP contribution in [-0.4, -0.2) is 35.5 Å². The predicted molar refractivity (Wildman–Crippen MR) is 117 cm³/mol. The lowest BCUT2D eigenvalue weighted by molar-refractivity contribution is 0.0522. The number of benzene rings is 3. The van der Waals surface area contributed by atoms with Gasteiger partial charge in [-0.3, -0.25) is 9.80 Å². The van der Waals surface area contributed by atoms with Gasteiger partial charge in [-0.1, -0.05) is 79.7 Å². The topological polar surface area (TPSA) is 6.48 Å². The molecule has 0 spiro atoms. The van der Waals surface area contributed by atoms with Gasteiger partial charge < -0.3 is 0 Å². The number of hydrogen-bond acceptors (Lipinski definition) is 2. The highest BCUT2D eigenvalue weighted by Gasteiger charge is 2.31. The van der Waals surface area contributed by atoms with Crippen molar-refractivity contribution in [1.82, 2.24) is 9.80 Å². The van der Waals surface area contributed by atoms with Crippen molar-refractivity contribution >= 4 is 0 Å². The third-order valence-corrected chi connectivity index (χ3v) is 6.07. The first kappa shape index (κ1) is 19.8. The average molecular weight is 389 g/mol. The van der Waals surface area contributed by atoms with Crippen LogP contribution in [0.3, 0.4) is 0 Å². The Bertz CT molecular complexity index is 880. The fraction of sp³-hybridized carbons (Fsp3) is 0.308. The van der Waals surface area contributed by atoms with Gasteiger partial charge in [0, 0.05) is 38.8 Å². The van der Waals surface area contributed by atoms with E-state index in [1.165, 1.54) is 16.7 Å². The lowest BCUT2D eigenvalue weighted by Gasteiger charge is -2.44. The van der Waals surface area contributed by atoms with Crippen molar-refractivity contribution in [1.29, 1.82) is 0 Å². The highest BCUT2D eigenvalue weighted by molar-refractivity contribution is 5.23. The van der Waals surface area contributed by atoms with E-state index in [-0.39, 0.29) is 5.82 Å². The molecule has 0 saturated carbocycles. The fourth-order valence-electron chi connectivity index (χ4n) is 4.37. The van der Waals surface area contributed by atoms with Crippen molar-refractivity contribution in [2.24, 2.45) is 0 Å². The molecule has 0 aromatic heterocycles. The van der Waals surface area contributed by atoms with Crippen LogP contribution in [0, 0.1) is 5.82 Å². The molecular formula is C26H29FN2. The van der Waals surface area contributed by atoms with E-state index < -0.39 is 0 Å². The second-order valence-electron chi connectivity index (χ2n) is 8.08. The number of hydrogen-bond donors (Lipinski definition) is 0. The summed E-state index contributed by atoms with van der Waals surface area (Å²) in [5.74, 6) is 0.161. The highest BCUT2D eigenvalue weighted by atomic mass is 19.1. The minimum Gasteiger partial charge on any atom is -0.296 e. The first-order valence-electron chi connectivity index (χ1n) is 10.5. The van der Waals surface area contributed by atoms with Crippen molar-refractivity contribution in [3.8, 4) is 0 Å². The van der Waals surface area contributed by atoms with Crippen molar-refractivity contribution in [3.05, 3.63) is 107 Å². The lowest BCUT2D eigenvalue weighted by atomic mass is 9.90. The van der Waals surface area contributed by atoms with Crippen LogP contribution in [0.1, 0.15) is 29.5 Å². The maximum atomic E-state index is 13.4. The van der Waals surface area contributed by atoms with E-state index in [2.05, 4.69) is 77.4 Å². The van der Waals surface area contributed by atoms with E-state index in [9.17, 15) is 4.39 Å². The van der Waals surface area contributed by atoms with E-state index in [1.807, 2.05) is 12.1 Å². The molecule has 0 bridgehead atoms. The van der Waals surface area contributed by atoms with Gasteiger partial charge in [0.15, 0.2) is 0 Å². The van der Waals surface area contributed by atoms with Gasteiger partial charge >= 0.3 is 0 Å². The molecule has 0 aliphatic carbocycles. The molecule has 0 N–H and O–H groups in total. The average Bonchev–Trinajstić information content (AvgIpc) is 2.76. The van der Waals surface area contributed by atoms with Gasteiger partial charge in [-0.25, -0.2) is 4.39 Å². The zero-order valence-corrected chi connectivity index (χ0v) is 17.0. The van der Waals surface area contributed by atoms with Crippen LogP contribution >= 0.6 is 0 Å².